The van der Waals surface area contributed by atoms with Crippen molar-refractivity contribution < 1.29 is 14.6 Å². The number of ether oxygens (including phenoxy) is 1. The minimum atomic E-state index is -0.00345. The van der Waals surface area contributed by atoms with Crippen molar-refractivity contribution >= 4 is 5.91 Å². The predicted molar refractivity (Wildman–Crippen MR) is 64.5 cm³/mol. The van der Waals surface area contributed by atoms with E-state index < -0.39 is 0 Å². The van der Waals surface area contributed by atoms with E-state index in [9.17, 15) is 9.90 Å². The molecule has 1 heterocycles. The number of aliphatic hydroxyl groups excluding tert-OH is 1. The molecule has 2 rings (SSSR count). The zero-order chi connectivity index (χ0) is 12.3. The Balaban J connectivity index is 1.88. The maximum absolute atomic E-state index is 12.1. The van der Waals surface area contributed by atoms with E-state index >= 15 is 0 Å². The second-order valence-electron chi connectivity index (χ2n) is 5.31. The Morgan fingerprint density at radius 2 is 2.12 bits per heavy atom. The summed E-state index contributed by atoms with van der Waals surface area (Å²) in [4.78, 5) is 12.1. The minimum Gasteiger partial charge on any atom is -0.396 e. The molecule has 1 saturated carbocycles. The molecule has 4 nitrogen and oxygen atoms in total. The fourth-order valence-electron chi connectivity index (χ4n) is 2.98. The van der Waals surface area contributed by atoms with Crippen molar-refractivity contribution in [2.24, 2.45) is 11.8 Å². The molecular formula is C13H23NO3. The van der Waals surface area contributed by atoms with Gasteiger partial charge in [0.25, 0.3) is 0 Å². The van der Waals surface area contributed by atoms with E-state index in [1.54, 1.807) is 0 Å². The van der Waals surface area contributed by atoms with Crippen LogP contribution in [0.25, 0.3) is 0 Å². The van der Waals surface area contributed by atoms with Crippen LogP contribution >= 0.6 is 0 Å². The molecule has 4 unspecified atom stereocenters. The fourth-order valence-corrected chi connectivity index (χ4v) is 2.98. The molecule has 0 radical (unpaired) electrons. The molecule has 1 amide bonds. The van der Waals surface area contributed by atoms with E-state index in [0.717, 1.165) is 25.7 Å². The van der Waals surface area contributed by atoms with Crippen LogP contribution in [0.3, 0.4) is 0 Å². The number of carbonyl (C=O) groups excluding carboxylic acids is 1. The van der Waals surface area contributed by atoms with Crippen LogP contribution < -0.4 is 5.32 Å². The molecule has 98 valence electrons. The van der Waals surface area contributed by atoms with Crippen LogP contribution in [0.5, 0.6) is 0 Å². The minimum absolute atomic E-state index is 0.00345. The largest absolute Gasteiger partial charge is 0.396 e. The molecule has 2 fully saturated rings. The Kier molecular flexibility index (Phi) is 4.40. The predicted octanol–water partition coefficient (Wildman–Crippen LogP) is 1.08. The fraction of sp³-hybridized carbons (Fsp3) is 0.923. The van der Waals surface area contributed by atoms with Gasteiger partial charge in [-0.25, -0.2) is 0 Å². The molecule has 0 bridgehead atoms. The summed E-state index contributed by atoms with van der Waals surface area (Å²) in [6.07, 6.45) is 5.20. The van der Waals surface area contributed by atoms with Gasteiger partial charge < -0.3 is 15.2 Å². The van der Waals surface area contributed by atoms with Gasteiger partial charge >= 0.3 is 0 Å². The number of rotatable bonds is 3. The summed E-state index contributed by atoms with van der Waals surface area (Å²) < 4.78 is 5.42. The van der Waals surface area contributed by atoms with Crippen molar-refractivity contribution in [1.82, 2.24) is 5.32 Å². The molecule has 2 aliphatic rings. The van der Waals surface area contributed by atoms with Crippen LogP contribution in [0.4, 0.5) is 0 Å². The SMILES string of the molecule is CC1OCCC1C(=O)NC1CCCCC1CO. The first-order valence-electron chi connectivity index (χ1n) is 6.75. The number of hydrogen-bond donors (Lipinski definition) is 2. The average molecular weight is 241 g/mol. The first-order chi connectivity index (χ1) is 8.22. The molecule has 1 aliphatic heterocycles. The molecule has 1 aliphatic carbocycles. The van der Waals surface area contributed by atoms with Crippen molar-refractivity contribution in [3.63, 3.8) is 0 Å². The highest BCUT2D eigenvalue weighted by Crippen LogP contribution is 2.26. The van der Waals surface area contributed by atoms with Crippen molar-refractivity contribution in [2.45, 2.75) is 51.2 Å². The summed E-state index contributed by atoms with van der Waals surface area (Å²) in [5, 5.41) is 12.4. The Hall–Kier alpha value is -0.610. The zero-order valence-corrected chi connectivity index (χ0v) is 10.5. The van der Waals surface area contributed by atoms with Crippen LogP contribution in [0.2, 0.25) is 0 Å². The third kappa shape index (κ3) is 2.99. The zero-order valence-electron chi connectivity index (χ0n) is 10.5. The van der Waals surface area contributed by atoms with Gasteiger partial charge in [-0.15, -0.1) is 0 Å². The van der Waals surface area contributed by atoms with Crippen LogP contribution in [0, 0.1) is 11.8 Å². The van der Waals surface area contributed by atoms with Crippen LogP contribution in [-0.4, -0.2) is 36.4 Å². The van der Waals surface area contributed by atoms with E-state index in [0.29, 0.717) is 6.61 Å². The van der Waals surface area contributed by atoms with Gasteiger partial charge in [0.15, 0.2) is 0 Å². The van der Waals surface area contributed by atoms with Crippen LogP contribution in [0.1, 0.15) is 39.0 Å². The summed E-state index contributed by atoms with van der Waals surface area (Å²) in [5.41, 5.74) is 0. The summed E-state index contributed by atoms with van der Waals surface area (Å²) >= 11 is 0. The third-order valence-corrected chi connectivity index (χ3v) is 4.18. The molecule has 4 atom stereocenters. The Morgan fingerprint density at radius 1 is 1.35 bits per heavy atom. The van der Waals surface area contributed by atoms with Crippen molar-refractivity contribution in [3.8, 4) is 0 Å². The van der Waals surface area contributed by atoms with E-state index in [4.69, 9.17) is 4.74 Å². The summed E-state index contributed by atoms with van der Waals surface area (Å²) in [6.45, 7) is 2.83. The van der Waals surface area contributed by atoms with Gasteiger partial charge in [0.1, 0.15) is 0 Å². The van der Waals surface area contributed by atoms with Crippen LogP contribution in [0.15, 0.2) is 0 Å². The van der Waals surface area contributed by atoms with Gasteiger partial charge in [0.2, 0.25) is 5.91 Å². The summed E-state index contributed by atoms with van der Waals surface area (Å²) in [7, 11) is 0. The standard InChI is InChI=1S/C13H23NO3/c1-9-11(6-7-17-9)13(16)14-12-5-3-2-4-10(12)8-15/h9-12,15H,2-8H2,1H3,(H,14,16). The van der Waals surface area contributed by atoms with Gasteiger partial charge in [0, 0.05) is 25.2 Å². The van der Waals surface area contributed by atoms with Crippen molar-refractivity contribution in [1.29, 1.82) is 0 Å². The lowest BCUT2D eigenvalue weighted by atomic mass is 9.84. The average Bonchev–Trinajstić information content (AvgIpc) is 2.76. The Morgan fingerprint density at radius 3 is 2.76 bits per heavy atom. The van der Waals surface area contributed by atoms with E-state index in [1.165, 1.54) is 6.42 Å². The monoisotopic (exact) mass is 241 g/mol. The Bertz CT molecular complexity index is 269. The summed E-state index contributed by atoms with van der Waals surface area (Å²) in [6, 6.07) is 0.161. The van der Waals surface area contributed by atoms with Gasteiger partial charge in [-0.05, 0) is 26.2 Å². The van der Waals surface area contributed by atoms with Crippen LogP contribution in [-0.2, 0) is 9.53 Å². The van der Waals surface area contributed by atoms with Crippen molar-refractivity contribution in [2.75, 3.05) is 13.2 Å². The molecule has 0 aromatic carbocycles. The number of aliphatic hydroxyl groups is 1. The third-order valence-electron chi connectivity index (χ3n) is 4.18. The highest BCUT2D eigenvalue weighted by Gasteiger charge is 2.33. The quantitative estimate of drug-likeness (QED) is 0.777. The van der Waals surface area contributed by atoms with Gasteiger partial charge in [-0.3, -0.25) is 4.79 Å². The smallest absolute Gasteiger partial charge is 0.226 e. The van der Waals surface area contributed by atoms with Gasteiger partial charge in [-0.1, -0.05) is 12.8 Å². The number of carbonyl (C=O) groups is 1. The first-order valence-corrected chi connectivity index (χ1v) is 6.75. The lowest BCUT2D eigenvalue weighted by Crippen LogP contribution is -2.46. The van der Waals surface area contributed by atoms with Crippen molar-refractivity contribution in [3.05, 3.63) is 0 Å². The topological polar surface area (TPSA) is 58.6 Å². The second kappa shape index (κ2) is 5.83. The molecule has 1 saturated heterocycles. The number of amides is 1. The van der Waals surface area contributed by atoms with E-state index in [1.807, 2.05) is 6.92 Å². The maximum Gasteiger partial charge on any atom is 0.226 e. The van der Waals surface area contributed by atoms with Gasteiger partial charge in [0.05, 0.1) is 12.0 Å². The molecular weight excluding hydrogens is 218 g/mol. The van der Waals surface area contributed by atoms with Gasteiger partial charge in [-0.2, -0.15) is 0 Å². The lowest BCUT2D eigenvalue weighted by molar-refractivity contribution is -0.127. The highest BCUT2D eigenvalue weighted by molar-refractivity contribution is 5.79. The molecule has 0 aromatic heterocycles. The maximum atomic E-state index is 12.1. The van der Waals surface area contributed by atoms with E-state index in [2.05, 4.69) is 5.32 Å². The number of hydrogen-bond acceptors (Lipinski definition) is 3. The van der Waals surface area contributed by atoms with E-state index in [-0.39, 0.29) is 36.5 Å². The number of nitrogens with one attached hydrogen (secondary N) is 1. The molecule has 0 spiro atoms. The highest BCUT2D eigenvalue weighted by atomic mass is 16.5. The molecule has 0 aromatic rings. The second-order valence-corrected chi connectivity index (χ2v) is 5.31. The summed E-state index contributed by atoms with van der Waals surface area (Å²) in [5.74, 6) is 0.349. The lowest BCUT2D eigenvalue weighted by Gasteiger charge is -2.32. The Labute approximate surface area is 103 Å². The molecule has 17 heavy (non-hydrogen) atoms. The molecule has 2 N–H and O–H groups in total. The first kappa shape index (κ1) is 12.8. The normalized spacial score (nSPS) is 38.0. The molecule has 4 heteroatoms.